The Morgan fingerprint density at radius 1 is 1.22 bits per heavy atom. The molecule has 1 aliphatic heterocycles. The normalized spacial score (nSPS) is 14.2. The number of rotatable bonds is 6. The van der Waals surface area contributed by atoms with E-state index in [0.717, 1.165) is 17.1 Å². The Labute approximate surface area is 135 Å². The molecule has 0 aliphatic carbocycles. The Balaban J connectivity index is 1.45. The lowest BCUT2D eigenvalue weighted by Gasteiger charge is -2.39. The lowest BCUT2D eigenvalue weighted by molar-refractivity contribution is -0.139. The van der Waals surface area contributed by atoms with Gasteiger partial charge in [-0.1, -0.05) is 12.1 Å². The van der Waals surface area contributed by atoms with Crippen LogP contribution in [0.1, 0.15) is 12.5 Å². The molecule has 1 amide bonds. The van der Waals surface area contributed by atoms with Crippen LogP contribution >= 0.6 is 0 Å². The van der Waals surface area contributed by atoms with E-state index < -0.39 is 0 Å². The van der Waals surface area contributed by atoms with Gasteiger partial charge in [-0.05, 0) is 36.8 Å². The van der Waals surface area contributed by atoms with Gasteiger partial charge in [-0.2, -0.15) is 0 Å². The number of ether oxygens (including phenoxy) is 2. The Morgan fingerprint density at radius 3 is 2.65 bits per heavy atom. The minimum absolute atomic E-state index is 0.0588. The van der Waals surface area contributed by atoms with Crippen molar-refractivity contribution in [2.24, 2.45) is 0 Å². The van der Waals surface area contributed by atoms with Gasteiger partial charge in [0.15, 0.2) is 0 Å². The molecule has 1 aromatic carbocycles. The second kappa shape index (κ2) is 7.13. The van der Waals surface area contributed by atoms with Crippen molar-refractivity contribution < 1.29 is 14.3 Å². The summed E-state index contributed by atoms with van der Waals surface area (Å²) in [5.74, 6) is 1.70. The fourth-order valence-electron chi connectivity index (χ4n) is 2.48. The van der Waals surface area contributed by atoms with E-state index in [-0.39, 0.29) is 12.0 Å². The zero-order chi connectivity index (χ0) is 16.1. The van der Waals surface area contributed by atoms with Crippen molar-refractivity contribution in [3.63, 3.8) is 0 Å². The number of likely N-dealkylation sites (tertiary alicyclic amines) is 1. The first-order chi connectivity index (χ1) is 11.2. The fraction of sp³-hybridized carbons (Fsp3) is 0.333. The van der Waals surface area contributed by atoms with Gasteiger partial charge in [-0.25, -0.2) is 0 Å². The number of carbonyl (C=O) groups excluding carboxylic acids is 1. The van der Waals surface area contributed by atoms with Crippen LogP contribution in [0.4, 0.5) is 0 Å². The molecule has 1 saturated heterocycles. The average molecular weight is 312 g/mol. The lowest BCUT2D eigenvalue weighted by Crippen LogP contribution is -2.56. The molecular formula is C18H20N2O3. The molecule has 5 heteroatoms. The molecule has 2 heterocycles. The topological polar surface area (TPSA) is 51.7 Å². The van der Waals surface area contributed by atoms with E-state index in [9.17, 15) is 4.79 Å². The molecule has 0 unspecified atom stereocenters. The van der Waals surface area contributed by atoms with Crippen LogP contribution in [0.2, 0.25) is 0 Å². The number of carbonyl (C=O) groups is 1. The van der Waals surface area contributed by atoms with Crippen molar-refractivity contribution >= 4 is 5.91 Å². The molecule has 23 heavy (non-hydrogen) atoms. The second-order valence-electron chi connectivity index (χ2n) is 5.48. The quantitative estimate of drug-likeness (QED) is 0.821. The highest BCUT2D eigenvalue weighted by molar-refractivity contribution is 5.79. The van der Waals surface area contributed by atoms with Gasteiger partial charge >= 0.3 is 0 Å². The SMILES string of the molecule is CCOc1ccc(CC(=O)N2CC(Oc3cccnc3)C2)cc1. The third-order valence-corrected chi connectivity index (χ3v) is 3.73. The fourth-order valence-corrected chi connectivity index (χ4v) is 2.48. The number of aromatic nitrogens is 1. The molecule has 0 saturated carbocycles. The minimum Gasteiger partial charge on any atom is -0.494 e. The van der Waals surface area contributed by atoms with E-state index in [1.807, 2.05) is 48.2 Å². The summed E-state index contributed by atoms with van der Waals surface area (Å²) in [6.07, 6.45) is 3.86. The summed E-state index contributed by atoms with van der Waals surface area (Å²) in [5.41, 5.74) is 0.995. The zero-order valence-electron chi connectivity index (χ0n) is 13.1. The molecule has 3 rings (SSSR count). The van der Waals surface area contributed by atoms with Crippen LogP contribution < -0.4 is 9.47 Å². The summed E-state index contributed by atoms with van der Waals surface area (Å²) in [6, 6.07) is 11.4. The highest BCUT2D eigenvalue weighted by Gasteiger charge is 2.32. The maximum absolute atomic E-state index is 12.2. The molecular weight excluding hydrogens is 292 g/mol. The van der Waals surface area contributed by atoms with Gasteiger partial charge in [0.25, 0.3) is 0 Å². The zero-order valence-corrected chi connectivity index (χ0v) is 13.1. The highest BCUT2D eigenvalue weighted by atomic mass is 16.5. The Hall–Kier alpha value is -2.56. The van der Waals surface area contributed by atoms with Crippen molar-refractivity contribution in [1.82, 2.24) is 9.88 Å². The van der Waals surface area contributed by atoms with Gasteiger partial charge < -0.3 is 14.4 Å². The lowest BCUT2D eigenvalue weighted by atomic mass is 10.1. The molecule has 0 spiro atoms. The number of hydrogen-bond donors (Lipinski definition) is 0. The predicted molar refractivity (Wildman–Crippen MR) is 86.5 cm³/mol. The van der Waals surface area contributed by atoms with E-state index in [0.29, 0.717) is 26.1 Å². The third kappa shape index (κ3) is 4.00. The van der Waals surface area contributed by atoms with Gasteiger partial charge in [0.1, 0.15) is 17.6 Å². The summed E-state index contributed by atoms with van der Waals surface area (Å²) in [5, 5.41) is 0. The standard InChI is InChI=1S/C18H20N2O3/c1-2-22-15-7-5-14(6-8-15)10-18(21)20-12-17(13-20)23-16-4-3-9-19-11-16/h3-9,11,17H,2,10,12-13H2,1H3. The molecule has 1 aromatic heterocycles. The van der Waals surface area contributed by atoms with Gasteiger partial charge in [-0.15, -0.1) is 0 Å². The van der Waals surface area contributed by atoms with E-state index in [2.05, 4.69) is 4.98 Å². The summed E-state index contributed by atoms with van der Waals surface area (Å²) < 4.78 is 11.1. The predicted octanol–water partition coefficient (Wildman–Crippen LogP) is 2.31. The van der Waals surface area contributed by atoms with Crippen LogP contribution in [-0.2, 0) is 11.2 Å². The van der Waals surface area contributed by atoms with Crippen molar-refractivity contribution in [3.8, 4) is 11.5 Å². The minimum atomic E-state index is 0.0588. The van der Waals surface area contributed by atoms with Crippen LogP contribution in [0.15, 0.2) is 48.8 Å². The molecule has 1 aliphatic rings. The molecule has 0 radical (unpaired) electrons. The van der Waals surface area contributed by atoms with Gasteiger partial charge in [0.05, 0.1) is 32.3 Å². The molecule has 1 fully saturated rings. The van der Waals surface area contributed by atoms with Gasteiger partial charge in [0, 0.05) is 6.20 Å². The van der Waals surface area contributed by atoms with Crippen LogP contribution in [-0.4, -0.2) is 41.6 Å². The van der Waals surface area contributed by atoms with Crippen molar-refractivity contribution in [2.75, 3.05) is 19.7 Å². The molecule has 120 valence electrons. The number of hydrogen-bond acceptors (Lipinski definition) is 4. The first-order valence-electron chi connectivity index (χ1n) is 7.81. The number of nitrogens with zero attached hydrogens (tertiary/aromatic N) is 2. The van der Waals surface area contributed by atoms with Crippen LogP contribution in [0, 0.1) is 0 Å². The molecule has 0 N–H and O–H groups in total. The number of amides is 1. The largest absolute Gasteiger partial charge is 0.494 e. The second-order valence-corrected chi connectivity index (χ2v) is 5.48. The van der Waals surface area contributed by atoms with Crippen molar-refractivity contribution in [2.45, 2.75) is 19.4 Å². The first-order valence-corrected chi connectivity index (χ1v) is 7.81. The van der Waals surface area contributed by atoms with E-state index >= 15 is 0 Å². The summed E-state index contributed by atoms with van der Waals surface area (Å²) in [4.78, 5) is 18.1. The maximum atomic E-state index is 12.2. The van der Waals surface area contributed by atoms with E-state index in [1.54, 1.807) is 12.4 Å². The van der Waals surface area contributed by atoms with Crippen molar-refractivity contribution in [3.05, 3.63) is 54.4 Å². The third-order valence-electron chi connectivity index (χ3n) is 3.73. The van der Waals surface area contributed by atoms with Crippen LogP contribution in [0.5, 0.6) is 11.5 Å². The summed E-state index contributed by atoms with van der Waals surface area (Å²) >= 11 is 0. The van der Waals surface area contributed by atoms with Crippen LogP contribution in [0.3, 0.4) is 0 Å². The Morgan fingerprint density at radius 2 is 2.00 bits per heavy atom. The molecule has 0 bridgehead atoms. The molecule has 5 nitrogen and oxygen atoms in total. The smallest absolute Gasteiger partial charge is 0.227 e. The van der Waals surface area contributed by atoms with Gasteiger partial charge in [0.2, 0.25) is 5.91 Å². The van der Waals surface area contributed by atoms with E-state index in [1.165, 1.54) is 0 Å². The monoisotopic (exact) mass is 312 g/mol. The first kappa shape index (κ1) is 15.3. The highest BCUT2D eigenvalue weighted by Crippen LogP contribution is 2.19. The molecule has 0 atom stereocenters. The van der Waals surface area contributed by atoms with Crippen molar-refractivity contribution in [1.29, 1.82) is 0 Å². The average Bonchev–Trinajstić information content (AvgIpc) is 2.53. The number of pyridine rings is 1. The van der Waals surface area contributed by atoms with Gasteiger partial charge in [-0.3, -0.25) is 9.78 Å². The maximum Gasteiger partial charge on any atom is 0.227 e. The summed E-state index contributed by atoms with van der Waals surface area (Å²) in [6.45, 7) is 3.85. The van der Waals surface area contributed by atoms with Crippen LogP contribution in [0.25, 0.3) is 0 Å². The Bertz CT molecular complexity index is 637. The Kier molecular flexibility index (Phi) is 4.76. The molecule has 2 aromatic rings. The van der Waals surface area contributed by atoms with E-state index in [4.69, 9.17) is 9.47 Å². The number of benzene rings is 1. The summed E-state index contributed by atoms with van der Waals surface area (Å²) in [7, 11) is 0.